The average molecular weight is 548 g/mol. The summed E-state index contributed by atoms with van der Waals surface area (Å²) >= 11 is 0. The first kappa shape index (κ1) is 28.2. The highest BCUT2D eigenvalue weighted by atomic mass is 19.4. The molecule has 1 unspecified atom stereocenters. The number of amides is 1. The van der Waals surface area contributed by atoms with E-state index in [1.54, 1.807) is 13.0 Å². The number of nitrogens with zero attached hydrogens (tertiary/aromatic N) is 1. The first-order chi connectivity index (χ1) is 18.5. The molecule has 1 fully saturated rings. The van der Waals surface area contributed by atoms with E-state index in [2.05, 4.69) is 15.2 Å². The Kier molecular flexibility index (Phi) is 8.59. The van der Waals surface area contributed by atoms with Gasteiger partial charge in [0.25, 0.3) is 5.56 Å². The molecule has 0 spiro atoms. The van der Waals surface area contributed by atoms with Gasteiger partial charge in [0, 0.05) is 35.6 Å². The lowest BCUT2D eigenvalue weighted by Crippen LogP contribution is -2.30. The summed E-state index contributed by atoms with van der Waals surface area (Å²) in [5.41, 5.74) is -0.500. The molecule has 4 rings (SSSR count). The molecule has 39 heavy (non-hydrogen) atoms. The predicted octanol–water partition coefficient (Wildman–Crippen LogP) is 5.25. The Morgan fingerprint density at radius 1 is 1.15 bits per heavy atom. The van der Waals surface area contributed by atoms with Crippen molar-refractivity contribution in [1.29, 1.82) is 0 Å². The predicted molar refractivity (Wildman–Crippen MR) is 139 cm³/mol. The van der Waals surface area contributed by atoms with Crippen molar-refractivity contribution in [3.63, 3.8) is 0 Å². The fraction of sp³-hybridized carbons (Fsp3) is 0.357. The number of aromatic amines is 1. The second kappa shape index (κ2) is 11.9. The summed E-state index contributed by atoms with van der Waals surface area (Å²) in [6.07, 6.45) is -1.77. The number of ether oxygens (including phenoxy) is 2. The molecule has 1 aliphatic heterocycles. The molecule has 1 amide bonds. The zero-order chi connectivity index (χ0) is 28.2. The summed E-state index contributed by atoms with van der Waals surface area (Å²) in [6.45, 7) is 3.18. The topological polar surface area (TPSA) is 83.7 Å². The van der Waals surface area contributed by atoms with Gasteiger partial charge in [0.2, 0.25) is 5.91 Å². The summed E-state index contributed by atoms with van der Waals surface area (Å²) in [7, 11) is 1.93. The Labute approximate surface area is 222 Å². The van der Waals surface area contributed by atoms with Crippen LogP contribution in [0, 0.1) is 5.82 Å². The molecule has 7 nitrogen and oxygen atoms in total. The maximum atomic E-state index is 14.9. The van der Waals surface area contributed by atoms with Crippen molar-refractivity contribution in [2.45, 2.75) is 38.4 Å². The molecule has 2 aromatic carbocycles. The normalized spacial score (nSPS) is 15.8. The van der Waals surface area contributed by atoms with Crippen LogP contribution in [0.3, 0.4) is 0 Å². The number of carbonyl (C=O) groups is 1. The summed E-state index contributed by atoms with van der Waals surface area (Å²) in [5, 5.41) is 2.43. The number of halogens is 4. The van der Waals surface area contributed by atoms with Crippen molar-refractivity contribution in [2.24, 2.45) is 0 Å². The fourth-order valence-corrected chi connectivity index (χ4v) is 4.49. The number of pyridine rings is 1. The van der Waals surface area contributed by atoms with Crippen molar-refractivity contribution < 1.29 is 31.8 Å². The molecule has 2 N–H and O–H groups in total. The third kappa shape index (κ3) is 7.17. The monoisotopic (exact) mass is 547 g/mol. The van der Waals surface area contributed by atoms with E-state index in [4.69, 9.17) is 9.47 Å². The van der Waals surface area contributed by atoms with Gasteiger partial charge in [0.05, 0.1) is 18.6 Å². The van der Waals surface area contributed by atoms with Crippen LogP contribution in [0.4, 0.5) is 23.2 Å². The average Bonchev–Trinajstić information content (AvgIpc) is 3.28. The molecule has 0 radical (unpaired) electrons. The van der Waals surface area contributed by atoms with Crippen LogP contribution < -0.4 is 20.3 Å². The number of rotatable bonds is 9. The lowest BCUT2D eigenvalue weighted by atomic mass is 10.0. The van der Waals surface area contributed by atoms with Crippen LogP contribution in [0.1, 0.15) is 30.9 Å². The molecule has 0 saturated carbocycles. The number of nitrogens with one attached hydrogen (secondary N) is 2. The van der Waals surface area contributed by atoms with Crippen molar-refractivity contribution in [1.82, 2.24) is 9.88 Å². The summed E-state index contributed by atoms with van der Waals surface area (Å²) in [4.78, 5) is 28.9. The third-order valence-electron chi connectivity index (χ3n) is 6.53. The van der Waals surface area contributed by atoms with Crippen molar-refractivity contribution in [3.05, 3.63) is 76.0 Å². The van der Waals surface area contributed by atoms with Crippen molar-refractivity contribution in [3.8, 4) is 22.6 Å². The number of aromatic nitrogens is 1. The number of H-pyrrole nitrogens is 1. The minimum atomic E-state index is -4.65. The maximum Gasteiger partial charge on any atom is 0.416 e. The van der Waals surface area contributed by atoms with Gasteiger partial charge in [-0.1, -0.05) is 12.1 Å². The number of hydrogen-bond donors (Lipinski definition) is 2. The van der Waals surface area contributed by atoms with Crippen LogP contribution in [0.25, 0.3) is 11.1 Å². The third-order valence-corrected chi connectivity index (χ3v) is 6.53. The summed E-state index contributed by atoms with van der Waals surface area (Å²) in [5.74, 6) is -1.11. The van der Waals surface area contributed by atoms with E-state index in [9.17, 15) is 27.2 Å². The van der Waals surface area contributed by atoms with Crippen LogP contribution in [0.15, 0.2) is 53.5 Å². The number of likely N-dealkylation sites (N-methyl/N-ethyl adjacent to an activating group) is 1. The Morgan fingerprint density at radius 2 is 1.95 bits per heavy atom. The molecule has 11 heteroatoms. The van der Waals surface area contributed by atoms with Gasteiger partial charge in [0.1, 0.15) is 23.9 Å². The highest BCUT2D eigenvalue weighted by Crippen LogP contribution is 2.35. The van der Waals surface area contributed by atoms with Crippen molar-refractivity contribution in [2.75, 3.05) is 32.1 Å². The second-order valence-electron chi connectivity index (χ2n) is 9.37. The van der Waals surface area contributed by atoms with Crippen LogP contribution in [-0.2, 0) is 17.4 Å². The SMILES string of the molecule is CCOc1cc(=O)[nH]cc1-c1ccc(CC(=O)Nc2cc(OCC3CCCN3C)cc(C(F)(F)F)c2)c(F)c1. The van der Waals surface area contributed by atoms with Crippen molar-refractivity contribution >= 4 is 11.6 Å². The standard InChI is InChI=1S/C28H29F4N3O4/c1-3-38-25-14-26(36)33-15-23(25)17-6-7-18(24(29)9-17)10-27(37)34-20-11-19(28(30,31)32)12-22(13-20)39-16-21-5-4-8-35(21)2/h6-7,9,11-15,21H,3-5,8,10,16H2,1-2H3,(H,33,36)(H,34,37). The van der Waals surface area contributed by atoms with E-state index in [-0.39, 0.29) is 41.0 Å². The number of alkyl halides is 3. The van der Waals surface area contributed by atoms with Crippen LogP contribution in [-0.4, -0.2) is 48.6 Å². The van der Waals surface area contributed by atoms with Gasteiger partial charge in [-0.3, -0.25) is 9.59 Å². The molecular formula is C28H29F4N3O4. The van der Waals surface area contributed by atoms with Gasteiger partial charge in [0.15, 0.2) is 0 Å². The molecule has 2 heterocycles. The Bertz CT molecular complexity index is 1390. The van der Waals surface area contributed by atoms with Crippen LogP contribution in [0.2, 0.25) is 0 Å². The molecule has 3 aromatic rings. The minimum Gasteiger partial charge on any atom is -0.493 e. The van der Waals surface area contributed by atoms with E-state index in [0.29, 0.717) is 17.7 Å². The number of hydrogen-bond acceptors (Lipinski definition) is 5. The number of benzene rings is 2. The first-order valence-electron chi connectivity index (χ1n) is 12.5. The van der Waals surface area contributed by atoms with Crippen LogP contribution in [0.5, 0.6) is 11.5 Å². The van der Waals surface area contributed by atoms with Gasteiger partial charge in [-0.25, -0.2) is 4.39 Å². The molecule has 0 bridgehead atoms. The molecule has 1 atom stereocenters. The highest BCUT2D eigenvalue weighted by molar-refractivity contribution is 5.92. The van der Waals surface area contributed by atoms with Gasteiger partial charge in [-0.2, -0.15) is 13.2 Å². The van der Waals surface area contributed by atoms with E-state index < -0.39 is 29.9 Å². The van der Waals surface area contributed by atoms with E-state index in [1.165, 1.54) is 30.5 Å². The minimum absolute atomic E-state index is 0.0121. The first-order valence-corrected chi connectivity index (χ1v) is 12.5. The van der Waals surface area contributed by atoms with Crippen LogP contribution >= 0.6 is 0 Å². The Hall–Kier alpha value is -3.86. The molecule has 1 saturated heterocycles. The summed E-state index contributed by atoms with van der Waals surface area (Å²) < 4.78 is 66.6. The zero-order valence-corrected chi connectivity index (χ0v) is 21.5. The Morgan fingerprint density at radius 3 is 2.62 bits per heavy atom. The smallest absolute Gasteiger partial charge is 0.416 e. The fourth-order valence-electron chi connectivity index (χ4n) is 4.49. The van der Waals surface area contributed by atoms with Gasteiger partial charge in [-0.15, -0.1) is 0 Å². The molecule has 208 valence electrons. The lowest BCUT2D eigenvalue weighted by Gasteiger charge is -2.20. The Balaban J connectivity index is 1.49. The lowest BCUT2D eigenvalue weighted by molar-refractivity contribution is -0.137. The largest absolute Gasteiger partial charge is 0.493 e. The maximum absolute atomic E-state index is 14.9. The zero-order valence-electron chi connectivity index (χ0n) is 21.5. The number of carbonyl (C=O) groups excluding carboxylic acids is 1. The molecular weight excluding hydrogens is 518 g/mol. The summed E-state index contributed by atoms with van der Waals surface area (Å²) in [6, 6.07) is 8.58. The highest BCUT2D eigenvalue weighted by Gasteiger charge is 2.32. The van der Waals surface area contributed by atoms with Gasteiger partial charge >= 0.3 is 6.18 Å². The molecule has 1 aliphatic rings. The number of anilines is 1. The van der Waals surface area contributed by atoms with E-state index in [1.807, 2.05) is 7.05 Å². The number of likely N-dealkylation sites (tertiary alicyclic amines) is 1. The second-order valence-corrected chi connectivity index (χ2v) is 9.37. The molecule has 0 aliphatic carbocycles. The van der Waals surface area contributed by atoms with E-state index in [0.717, 1.165) is 31.5 Å². The molecule has 1 aromatic heterocycles. The van der Waals surface area contributed by atoms with Gasteiger partial charge < -0.3 is 24.7 Å². The van der Waals surface area contributed by atoms with Gasteiger partial charge in [-0.05, 0) is 62.7 Å². The quantitative estimate of drug-likeness (QED) is 0.358. The van der Waals surface area contributed by atoms with E-state index >= 15 is 0 Å².